The summed E-state index contributed by atoms with van der Waals surface area (Å²) >= 11 is 0. The molecule has 21 heavy (non-hydrogen) atoms. The summed E-state index contributed by atoms with van der Waals surface area (Å²) in [5.74, 6) is -0.258. The van der Waals surface area contributed by atoms with Crippen molar-refractivity contribution in [3.63, 3.8) is 0 Å². The number of nitrogens with one attached hydrogen (secondary N) is 3. The molecule has 0 bridgehead atoms. The molecule has 1 heterocycles. The summed E-state index contributed by atoms with van der Waals surface area (Å²) < 4.78 is 0. The highest BCUT2D eigenvalue weighted by Crippen LogP contribution is 2.18. The van der Waals surface area contributed by atoms with E-state index < -0.39 is 12.1 Å². The first-order chi connectivity index (χ1) is 10.1. The Morgan fingerprint density at radius 1 is 1.19 bits per heavy atom. The molecule has 7 N–H and O–H groups in total. The van der Waals surface area contributed by atoms with Crippen LogP contribution in [0.5, 0.6) is 0 Å². The zero-order valence-electron chi connectivity index (χ0n) is 11.6. The number of primary amides is 1. The van der Waals surface area contributed by atoms with Crippen molar-refractivity contribution >= 4 is 22.8 Å². The van der Waals surface area contributed by atoms with Crippen molar-refractivity contribution in [1.82, 2.24) is 15.6 Å². The van der Waals surface area contributed by atoms with Crippen LogP contribution >= 0.6 is 0 Å². The van der Waals surface area contributed by atoms with Crippen LogP contribution in [0.15, 0.2) is 30.5 Å². The number of hydrogen-bond donors (Lipinski definition) is 5. The van der Waals surface area contributed by atoms with E-state index in [1.54, 1.807) is 0 Å². The molecule has 0 saturated carbocycles. The summed E-state index contributed by atoms with van der Waals surface area (Å²) in [5, 5.41) is 6.11. The molecule has 7 heteroatoms. The molecule has 112 valence electrons. The minimum atomic E-state index is -0.641. The van der Waals surface area contributed by atoms with Gasteiger partial charge in [-0.25, -0.2) is 4.79 Å². The lowest BCUT2D eigenvalue weighted by molar-refractivity contribution is -0.122. The number of nitrogens with two attached hydrogens (primary N) is 2. The Kier molecular flexibility index (Phi) is 4.78. The lowest BCUT2D eigenvalue weighted by Crippen LogP contribution is -2.45. The molecule has 0 fully saturated rings. The number of aromatic nitrogens is 1. The maximum Gasteiger partial charge on any atom is 0.312 e. The van der Waals surface area contributed by atoms with Gasteiger partial charge in [0.25, 0.3) is 0 Å². The van der Waals surface area contributed by atoms with E-state index in [0.717, 1.165) is 16.5 Å². The van der Waals surface area contributed by atoms with Gasteiger partial charge in [0.05, 0.1) is 6.04 Å². The van der Waals surface area contributed by atoms with Crippen molar-refractivity contribution in [2.24, 2.45) is 11.5 Å². The van der Waals surface area contributed by atoms with Crippen LogP contribution in [-0.2, 0) is 11.2 Å². The predicted octanol–water partition coefficient (Wildman–Crippen LogP) is -0.178. The fourth-order valence-electron chi connectivity index (χ4n) is 2.13. The number of para-hydroxylation sites is 1. The van der Waals surface area contributed by atoms with Crippen molar-refractivity contribution in [1.29, 1.82) is 0 Å². The van der Waals surface area contributed by atoms with E-state index in [-0.39, 0.29) is 12.5 Å². The zero-order valence-corrected chi connectivity index (χ0v) is 11.6. The van der Waals surface area contributed by atoms with Crippen LogP contribution in [-0.4, -0.2) is 36.1 Å². The highest BCUT2D eigenvalue weighted by Gasteiger charge is 2.15. The molecule has 0 spiro atoms. The summed E-state index contributed by atoms with van der Waals surface area (Å²) in [6.45, 7) is 0.574. The Hall–Kier alpha value is -2.54. The van der Waals surface area contributed by atoms with Crippen LogP contribution in [0.4, 0.5) is 4.79 Å². The van der Waals surface area contributed by atoms with Gasteiger partial charge in [0, 0.05) is 30.2 Å². The number of carbonyl (C=O) groups is 2. The van der Waals surface area contributed by atoms with Gasteiger partial charge in [0.1, 0.15) is 0 Å². The molecule has 1 aromatic heterocycles. The Morgan fingerprint density at radius 2 is 1.90 bits per heavy atom. The quantitative estimate of drug-likeness (QED) is 0.473. The molecule has 0 saturated heterocycles. The van der Waals surface area contributed by atoms with Gasteiger partial charge in [-0.2, -0.15) is 0 Å². The summed E-state index contributed by atoms with van der Waals surface area (Å²) in [6.07, 6.45) is 2.31. The summed E-state index contributed by atoms with van der Waals surface area (Å²) in [6, 6.07) is 6.59. The average molecular weight is 289 g/mol. The van der Waals surface area contributed by atoms with Crippen molar-refractivity contribution in [2.75, 3.05) is 13.1 Å². The lowest BCUT2D eigenvalue weighted by atomic mass is 10.1. The SMILES string of the molecule is NC(=O)NCCNC(=O)[C@@H](N)Cc1c[nH]c2ccccc12. The molecule has 1 aromatic carbocycles. The second kappa shape index (κ2) is 6.76. The zero-order chi connectivity index (χ0) is 15.2. The minimum absolute atomic E-state index is 0.258. The van der Waals surface area contributed by atoms with Crippen LogP contribution in [0.2, 0.25) is 0 Å². The normalized spacial score (nSPS) is 12.0. The standard InChI is InChI=1S/C14H19N5O2/c15-11(13(20)17-5-6-18-14(16)21)7-9-8-19-12-4-2-1-3-10(9)12/h1-4,8,11,19H,5-7,15H2,(H,17,20)(H3,16,18,21)/t11-/m0/s1. The number of aromatic amines is 1. The van der Waals surface area contributed by atoms with Gasteiger partial charge in [-0.3, -0.25) is 4.79 Å². The van der Waals surface area contributed by atoms with Gasteiger partial charge in [-0.15, -0.1) is 0 Å². The average Bonchev–Trinajstić information content (AvgIpc) is 2.86. The van der Waals surface area contributed by atoms with Crippen molar-refractivity contribution in [3.8, 4) is 0 Å². The van der Waals surface area contributed by atoms with Crippen LogP contribution in [0.3, 0.4) is 0 Å². The van der Waals surface area contributed by atoms with E-state index in [1.807, 2.05) is 30.5 Å². The molecule has 0 aliphatic carbocycles. The molecule has 3 amide bonds. The second-order valence-corrected chi connectivity index (χ2v) is 4.75. The van der Waals surface area contributed by atoms with Gasteiger partial charge in [0.2, 0.25) is 5.91 Å². The molecular formula is C14H19N5O2. The highest BCUT2D eigenvalue weighted by atomic mass is 16.2. The smallest absolute Gasteiger partial charge is 0.312 e. The molecule has 2 rings (SSSR count). The summed E-state index contributed by atoms with van der Waals surface area (Å²) in [4.78, 5) is 25.5. The Labute approximate surface area is 122 Å². The number of amides is 3. The maximum atomic E-state index is 11.9. The topological polar surface area (TPSA) is 126 Å². The third-order valence-corrected chi connectivity index (χ3v) is 3.17. The lowest BCUT2D eigenvalue weighted by Gasteiger charge is -2.12. The number of urea groups is 1. The molecule has 0 aliphatic heterocycles. The van der Waals surface area contributed by atoms with Crippen LogP contribution in [0.25, 0.3) is 10.9 Å². The Bertz CT molecular complexity index is 637. The van der Waals surface area contributed by atoms with Gasteiger partial charge in [-0.05, 0) is 18.1 Å². The summed E-state index contributed by atoms with van der Waals surface area (Å²) in [5.41, 5.74) is 12.8. The number of fused-ring (bicyclic) bond motifs is 1. The minimum Gasteiger partial charge on any atom is -0.361 e. The monoisotopic (exact) mass is 289 g/mol. The number of benzene rings is 1. The second-order valence-electron chi connectivity index (χ2n) is 4.75. The van der Waals surface area contributed by atoms with Crippen molar-refractivity contribution in [3.05, 3.63) is 36.0 Å². The van der Waals surface area contributed by atoms with E-state index in [9.17, 15) is 9.59 Å². The predicted molar refractivity (Wildman–Crippen MR) is 80.6 cm³/mol. The molecular weight excluding hydrogens is 270 g/mol. The number of H-pyrrole nitrogens is 1. The Morgan fingerprint density at radius 3 is 2.67 bits per heavy atom. The third kappa shape index (κ3) is 3.96. The first-order valence-electron chi connectivity index (χ1n) is 6.69. The third-order valence-electron chi connectivity index (χ3n) is 3.17. The molecule has 0 radical (unpaired) electrons. The van der Waals surface area contributed by atoms with Crippen LogP contribution in [0.1, 0.15) is 5.56 Å². The first-order valence-corrected chi connectivity index (χ1v) is 6.69. The number of hydrogen-bond acceptors (Lipinski definition) is 3. The van der Waals surface area contributed by atoms with Gasteiger partial charge in [-0.1, -0.05) is 18.2 Å². The van der Waals surface area contributed by atoms with E-state index in [4.69, 9.17) is 11.5 Å². The molecule has 7 nitrogen and oxygen atoms in total. The van der Waals surface area contributed by atoms with Crippen molar-refractivity contribution in [2.45, 2.75) is 12.5 Å². The Balaban J connectivity index is 1.87. The largest absolute Gasteiger partial charge is 0.361 e. The van der Waals surface area contributed by atoms with E-state index in [2.05, 4.69) is 15.6 Å². The number of carbonyl (C=O) groups excluding carboxylic acids is 2. The maximum absolute atomic E-state index is 11.9. The number of rotatable bonds is 6. The first kappa shape index (κ1) is 14.9. The molecule has 0 aliphatic rings. The van der Waals surface area contributed by atoms with Crippen molar-refractivity contribution < 1.29 is 9.59 Å². The van der Waals surface area contributed by atoms with E-state index in [0.29, 0.717) is 13.0 Å². The van der Waals surface area contributed by atoms with Gasteiger partial charge >= 0.3 is 6.03 Å². The summed E-state index contributed by atoms with van der Waals surface area (Å²) in [7, 11) is 0. The fraction of sp³-hybridized carbons (Fsp3) is 0.286. The van der Waals surface area contributed by atoms with E-state index >= 15 is 0 Å². The van der Waals surface area contributed by atoms with Crippen LogP contribution < -0.4 is 22.1 Å². The van der Waals surface area contributed by atoms with Gasteiger partial charge in [0.15, 0.2) is 0 Å². The van der Waals surface area contributed by atoms with Crippen LogP contribution in [0, 0.1) is 0 Å². The fourth-order valence-corrected chi connectivity index (χ4v) is 2.13. The molecule has 0 unspecified atom stereocenters. The van der Waals surface area contributed by atoms with Gasteiger partial charge < -0.3 is 27.1 Å². The molecule has 2 aromatic rings. The highest BCUT2D eigenvalue weighted by molar-refractivity contribution is 5.86. The molecule has 1 atom stereocenters. The van der Waals surface area contributed by atoms with E-state index in [1.165, 1.54) is 0 Å².